The van der Waals surface area contributed by atoms with Gasteiger partial charge in [0, 0.05) is 33.9 Å². The highest BCUT2D eigenvalue weighted by atomic mass is 16.5. The molecule has 0 saturated heterocycles. The molecule has 26 heavy (non-hydrogen) atoms. The quantitative estimate of drug-likeness (QED) is 0.327. The van der Waals surface area contributed by atoms with Gasteiger partial charge in [-0.1, -0.05) is 19.9 Å². The van der Waals surface area contributed by atoms with E-state index in [1.165, 1.54) is 6.08 Å². The summed E-state index contributed by atoms with van der Waals surface area (Å²) in [6, 6.07) is 10.2. The van der Waals surface area contributed by atoms with Crippen LogP contribution in [-0.2, 0) is 5.41 Å². The second-order valence-corrected chi connectivity index (χ2v) is 6.59. The monoisotopic (exact) mass is 351 g/mol. The van der Waals surface area contributed by atoms with Crippen LogP contribution in [0.1, 0.15) is 42.3 Å². The first-order valence-electron chi connectivity index (χ1n) is 8.50. The van der Waals surface area contributed by atoms with Crippen molar-refractivity contribution in [2.75, 3.05) is 12.3 Å². The first kappa shape index (κ1) is 19.3. The summed E-state index contributed by atoms with van der Waals surface area (Å²) >= 11 is 0. The zero-order valence-electron chi connectivity index (χ0n) is 15.5. The van der Waals surface area contributed by atoms with E-state index >= 15 is 0 Å². The SMILES string of the molecule is C=CC(C)(C)c1cc(C=CC(=O)c2ccc(N)cc2)c(OCC)cc1O. The van der Waals surface area contributed by atoms with Crippen molar-refractivity contribution in [3.63, 3.8) is 0 Å². The van der Waals surface area contributed by atoms with Crippen molar-refractivity contribution in [1.82, 2.24) is 0 Å². The van der Waals surface area contributed by atoms with Gasteiger partial charge in [-0.25, -0.2) is 0 Å². The number of benzene rings is 2. The molecule has 0 atom stereocenters. The van der Waals surface area contributed by atoms with Gasteiger partial charge in [0.15, 0.2) is 5.78 Å². The minimum Gasteiger partial charge on any atom is -0.507 e. The Morgan fingerprint density at radius 1 is 1.27 bits per heavy atom. The largest absolute Gasteiger partial charge is 0.507 e. The van der Waals surface area contributed by atoms with Crippen LogP contribution in [0.15, 0.2) is 55.1 Å². The topological polar surface area (TPSA) is 72.6 Å². The summed E-state index contributed by atoms with van der Waals surface area (Å²) in [6.07, 6.45) is 4.96. The van der Waals surface area contributed by atoms with Gasteiger partial charge in [0.25, 0.3) is 0 Å². The number of hydrogen-bond acceptors (Lipinski definition) is 4. The minimum atomic E-state index is -0.418. The van der Waals surface area contributed by atoms with E-state index in [1.54, 1.807) is 42.5 Å². The Kier molecular flexibility index (Phi) is 5.88. The van der Waals surface area contributed by atoms with Crippen LogP contribution in [0.2, 0.25) is 0 Å². The lowest BCUT2D eigenvalue weighted by molar-refractivity contribution is 0.104. The lowest BCUT2D eigenvalue weighted by atomic mass is 9.83. The normalized spacial score (nSPS) is 11.5. The fourth-order valence-corrected chi connectivity index (χ4v) is 2.53. The van der Waals surface area contributed by atoms with Crippen LogP contribution in [0, 0.1) is 0 Å². The number of aromatic hydroxyl groups is 1. The first-order valence-corrected chi connectivity index (χ1v) is 8.50. The van der Waals surface area contributed by atoms with Crippen LogP contribution in [0.5, 0.6) is 11.5 Å². The summed E-state index contributed by atoms with van der Waals surface area (Å²) in [5, 5.41) is 10.4. The second-order valence-electron chi connectivity index (χ2n) is 6.59. The van der Waals surface area contributed by atoms with Crippen molar-refractivity contribution in [2.24, 2.45) is 0 Å². The van der Waals surface area contributed by atoms with Crippen LogP contribution < -0.4 is 10.5 Å². The number of phenols is 1. The highest BCUT2D eigenvalue weighted by Crippen LogP contribution is 2.37. The van der Waals surface area contributed by atoms with Crippen molar-refractivity contribution in [1.29, 1.82) is 0 Å². The minimum absolute atomic E-state index is 0.134. The molecule has 0 unspecified atom stereocenters. The van der Waals surface area contributed by atoms with Gasteiger partial charge in [0.2, 0.25) is 0 Å². The number of phenolic OH excluding ortho intramolecular Hbond substituents is 1. The van der Waals surface area contributed by atoms with Crippen molar-refractivity contribution in [3.05, 3.63) is 71.8 Å². The van der Waals surface area contributed by atoms with Gasteiger partial charge in [0.05, 0.1) is 6.61 Å². The molecule has 136 valence electrons. The molecule has 0 radical (unpaired) electrons. The molecule has 0 heterocycles. The molecule has 3 N–H and O–H groups in total. The Bertz CT molecular complexity index is 833. The average Bonchev–Trinajstić information content (AvgIpc) is 2.61. The van der Waals surface area contributed by atoms with Gasteiger partial charge in [-0.3, -0.25) is 4.79 Å². The number of ketones is 1. The van der Waals surface area contributed by atoms with E-state index in [1.807, 2.05) is 26.8 Å². The highest BCUT2D eigenvalue weighted by Gasteiger charge is 2.22. The summed E-state index contributed by atoms with van der Waals surface area (Å²) < 4.78 is 5.61. The molecule has 0 amide bonds. The second kappa shape index (κ2) is 7.91. The van der Waals surface area contributed by atoms with E-state index in [9.17, 15) is 9.90 Å². The van der Waals surface area contributed by atoms with Crippen molar-refractivity contribution in [2.45, 2.75) is 26.2 Å². The summed E-state index contributed by atoms with van der Waals surface area (Å²) in [4.78, 5) is 12.4. The molecule has 4 heteroatoms. The van der Waals surface area contributed by atoms with E-state index in [2.05, 4.69) is 6.58 Å². The number of carbonyl (C=O) groups excluding carboxylic acids is 1. The zero-order valence-corrected chi connectivity index (χ0v) is 15.5. The number of carbonyl (C=O) groups is 1. The number of anilines is 1. The molecule has 2 rings (SSSR count). The molecule has 4 nitrogen and oxygen atoms in total. The third kappa shape index (κ3) is 4.33. The molecule has 2 aromatic rings. The molecule has 2 aromatic carbocycles. The van der Waals surface area contributed by atoms with Gasteiger partial charge < -0.3 is 15.6 Å². The maximum atomic E-state index is 12.4. The first-order chi connectivity index (χ1) is 12.3. The molecular formula is C22H25NO3. The molecule has 0 aliphatic heterocycles. The molecule has 0 saturated carbocycles. The van der Waals surface area contributed by atoms with Crippen LogP contribution in [0.3, 0.4) is 0 Å². The number of ether oxygens (including phenoxy) is 1. The van der Waals surface area contributed by atoms with Crippen LogP contribution in [0.25, 0.3) is 6.08 Å². The molecule has 0 aromatic heterocycles. The van der Waals surface area contributed by atoms with Crippen molar-refractivity contribution < 1.29 is 14.6 Å². The smallest absolute Gasteiger partial charge is 0.185 e. The van der Waals surface area contributed by atoms with Gasteiger partial charge in [0.1, 0.15) is 11.5 Å². The predicted molar refractivity (Wildman–Crippen MR) is 107 cm³/mol. The standard InChI is InChI=1S/C22H25NO3/c1-5-22(3,4)18-13-16(21(26-6-2)14-20(18)25)9-12-19(24)15-7-10-17(23)11-8-15/h5,7-14,25H,1,6,23H2,2-4H3. The lowest BCUT2D eigenvalue weighted by Crippen LogP contribution is -2.13. The van der Waals surface area contributed by atoms with Crippen LogP contribution in [-0.4, -0.2) is 17.5 Å². The van der Waals surface area contributed by atoms with E-state index in [-0.39, 0.29) is 11.5 Å². The Balaban J connectivity index is 2.42. The van der Waals surface area contributed by atoms with Crippen molar-refractivity contribution >= 4 is 17.5 Å². The van der Waals surface area contributed by atoms with Crippen molar-refractivity contribution in [3.8, 4) is 11.5 Å². The Morgan fingerprint density at radius 3 is 2.50 bits per heavy atom. The maximum Gasteiger partial charge on any atom is 0.185 e. The number of rotatable bonds is 7. The van der Waals surface area contributed by atoms with E-state index in [4.69, 9.17) is 10.5 Å². The van der Waals surface area contributed by atoms with Crippen LogP contribution >= 0.6 is 0 Å². The molecule has 0 aliphatic rings. The number of nitrogen functional groups attached to an aromatic ring is 1. The average molecular weight is 351 g/mol. The van der Waals surface area contributed by atoms with Gasteiger partial charge in [-0.2, -0.15) is 0 Å². The fourth-order valence-electron chi connectivity index (χ4n) is 2.53. The molecule has 0 bridgehead atoms. The van der Waals surface area contributed by atoms with E-state index in [0.717, 1.165) is 11.1 Å². The molecule has 0 fully saturated rings. The predicted octanol–water partition coefficient (Wildman–Crippen LogP) is 4.73. The third-order valence-electron chi connectivity index (χ3n) is 4.24. The number of allylic oxidation sites excluding steroid dienone is 2. The van der Waals surface area contributed by atoms with Gasteiger partial charge >= 0.3 is 0 Å². The third-order valence-corrected chi connectivity index (χ3v) is 4.24. The Labute approximate surface area is 154 Å². The summed E-state index contributed by atoms with van der Waals surface area (Å²) in [7, 11) is 0. The number of nitrogens with two attached hydrogens (primary N) is 1. The lowest BCUT2D eigenvalue weighted by Gasteiger charge is -2.23. The summed E-state index contributed by atoms with van der Waals surface area (Å²) in [6.45, 7) is 10.1. The van der Waals surface area contributed by atoms with E-state index < -0.39 is 5.41 Å². The van der Waals surface area contributed by atoms with Gasteiger partial charge in [-0.05, 0) is 49.4 Å². The maximum absolute atomic E-state index is 12.4. The fraction of sp³-hybridized carbons (Fsp3) is 0.227. The molecular weight excluding hydrogens is 326 g/mol. The van der Waals surface area contributed by atoms with Gasteiger partial charge in [-0.15, -0.1) is 6.58 Å². The molecule has 0 aliphatic carbocycles. The summed E-state index contributed by atoms with van der Waals surface area (Å²) in [5.74, 6) is 0.528. The van der Waals surface area contributed by atoms with E-state index in [0.29, 0.717) is 23.6 Å². The Morgan fingerprint density at radius 2 is 1.92 bits per heavy atom. The highest BCUT2D eigenvalue weighted by molar-refractivity contribution is 6.07. The Hall–Kier alpha value is -3.01. The summed E-state index contributed by atoms with van der Waals surface area (Å²) in [5.41, 5.74) is 7.84. The van der Waals surface area contributed by atoms with Crippen LogP contribution in [0.4, 0.5) is 5.69 Å². The molecule has 0 spiro atoms. The number of hydrogen-bond donors (Lipinski definition) is 2. The zero-order chi connectivity index (χ0) is 19.3.